The number of amides is 1. The van der Waals surface area contributed by atoms with Crippen LogP contribution >= 0.6 is 0 Å². The number of piperazine rings is 1. The van der Waals surface area contributed by atoms with Gasteiger partial charge in [-0.2, -0.15) is 0 Å². The van der Waals surface area contributed by atoms with Gasteiger partial charge in [-0.1, -0.05) is 12.1 Å². The molecule has 0 atom stereocenters. The molecule has 2 aromatic carbocycles. The van der Waals surface area contributed by atoms with Gasteiger partial charge in [0.15, 0.2) is 0 Å². The zero-order valence-electron chi connectivity index (χ0n) is 15.3. The second-order valence-electron chi connectivity index (χ2n) is 6.19. The van der Waals surface area contributed by atoms with Gasteiger partial charge in [-0.05, 0) is 29.8 Å². The van der Waals surface area contributed by atoms with E-state index in [0.29, 0.717) is 31.7 Å². The number of methoxy groups -OCH3 is 2. The van der Waals surface area contributed by atoms with Crippen LogP contribution in [0.25, 0.3) is 0 Å². The van der Waals surface area contributed by atoms with Crippen molar-refractivity contribution in [3.8, 4) is 11.5 Å². The van der Waals surface area contributed by atoms with Crippen molar-refractivity contribution >= 4 is 17.6 Å². The summed E-state index contributed by atoms with van der Waals surface area (Å²) in [4.78, 5) is 27.5. The van der Waals surface area contributed by atoms with Crippen molar-refractivity contribution in [1.29, 1.82) is 0 Å². The van der Waals surface area contributed by atoms with Gasteiger partial charge in [0.25, 0.3) is 5.91 Å². The Morgan fingerprint density at radius 3 is 2.26 bits per heavy atom. The Labute approximate surface area is 157 Å². The van der Waals surface area contributed by atoms with Crippen LogP contribution in [0.1, 0.15) is 20.7 Å². The molecule has 0 bridgehead atoms. The van der Waals surface area contributed by atoms with Crippen LogP contribution in [0.5, 0.6) is 11.5 Å². The molecule has 2 aromatic rings. The van der Waals surface area contributed by atoms with E-state index in [1.807, 2.05) is 18.2 Å². The van der Waals surface area contributed by atoms with E-state index in [4.69, 9.17) is 9.47 Å². The number of hydrogen-bond acceptors (Lipinski definition) is 6. The molecule has 1 fully saturated rings. The Hall–Kier alpha value is -3.22. The normalized spacial score (nSPS) is 14.0. The third-order valence-corrected chi connectivity index (χ3v) is 4.64. The fraction of sp³-hybridized carbons (Fsp3) is 0.300. The summed E-state index contributed by atoms with van der Waals surface area (Å²) in [6.07, 6.45) is 0. The lowest BCUT2D eigenvalue weighted by Crippen LogP contribution is -2.48. The lowest BCUT2D eigenvalue weighted by Gasteiger charge is -2.36. The molecule has 0 N–H and O–H groups in total. The predicted octanol–water partition coefficient (Wildman–Crippen LogP) is 1.03. The summed E-state index contributed by atoms with van der Waals surface area (Å²) in [5.41, 5.74) is 1.30. The SMILES string of the molecule is COc1ccc(N2CCN(C(=O)c3cccc(C(=O)[O-])c3)CC2)c(OC)c1. The van der Waals surface area contributed by atoms with E-state index in [1.54, 1.807) is 31.3 Å². The summed E-state index contributed by atoms with van der Waals surface area (Å²) < 4.78 is 10.7. The summed E-state index contributed by atoms with van der Waals surface area (Å²) in [5.74, 6) is -0.0338. The Bertz CT molecular complexity index is 844. The van der Waals surface area contributed by atoms with Crippen molar-refractivity contribution in [1.82, 2.24) is 4.90 Å². The maximum atomic E-state index is 12.7. The largest absolute Gasteiger partial charge is 0.545 e. The molecule has 142 valence electrons. The second-order valence-corrected chi connectivity index (χ2v) is 6.19. The zero-order valence-corrected chi connectivity index (χ0v) is 15.3. The molecule has 0 saturated carbocycles. The minimum atomic E-state index is -1.29. The van der Waals surface area contributed by atoms with Gasteiger partial charge in [-0.3, -0.25) is 4.79 Å². The minimum absolute atomic E-state index is 0.00227. The first-order chi connectivity index (χ1) is 13.0. The summed E-state index contributed by atoms with van der Waals surface area (Å²) in [6, 6.07) is 11.6. The summed E-state index contributed by atoms with van der Waals surface area (Å²) >= 11 is 0. The molecule has 0 spiro atoms. The lowest BCUT2D eigenvalue weighted by molar-refractivity contribution is -0.255. The maximum Gasteiger partial charge on any atom is 0.253 e. The topological polar surface area (TPSA) is 82.1 Å². The summed E-state index contributed by atoms with van der Waals surface area (Å²) in [7, 11) is 3.22. The van der Waals surface area contributed by atoms with E-state index in [2.05, 4.69) is 4.90 Å². The molecule has 27 heavy (non-hydrogen) atoms. The van der Waals surface area contributed by atoms with Gasteiger partial charge in [0, 0.05) is 37.8 Å². The van der Waals surface area contributed by atoms with E-state index in [9.17, 15) is 14.7 Å². The monoisotopic (exact) mass is 369 g/mol. The van der Waals surface area contributed by atoms with Crippen LogP contribution in [0.2, 0.25) is 0 Å². The second kappa shape index (κ2) is 7.99. The summed E-state index contributed by atoms with van der Waals surface area (Å²) in [5, 5.41) is 11.0. The van der Waals surface area contributed by atoms with Crippen LogP contribution in [-0.2, 0) is 0 Å². The van der Waals surface area contributed by atoms with E-state index in [0.717, 1.165) is 17.2 Å². The van der Waals surface area contributed by atoms with E-state index >= 15 is 0 Å². The number of carboxylic acid groups (broad SMARTS) is 1. The first-order valence-electron chi connectivity index (χ1n) is 8.61. The number of rotatable bonds is 5. The number of carboxylic acids is 1. The first-order valence-corrected chi connectivity index (χ1v) is 8.61. The van der Waals surface area contributed by atoms with Crippen LogP contribution in [-0.4, -0.2) is 57.2 Å². The number of aromatic carboxylic acids is 1. The average molecular weight is 369 g/mol. The Morgan fingerprint density at radius 1 is 0.926 bits per heavy atom. The Balaban J connectivity index is 1.69. The van der Waals surface area contributed by atoms with Crippen LogP contribution in [0, 0.1) is 0 Å². The van der Waals surface area contributed by atoms with Gasteiger partial charge in [0.05, 0.1) is 25.9 Å². The molecule has 0 radical (unpaired) electrons. The third-order valence-electron chi connectivity index (χ3n) is 4.64. The highest BCUT2D eigenvalue weighted by Crippen LogP contribution is 2.32. The molecular weight excluding hydrogens is 348 g/mol. The average Bonchev–Trinajstić information content (AvgIpc) is 2.73. The number of carbonyl (C=O) groups is 2. The highest BCUT2D eigenvalue weighted by atomic mass is 16.5. The summed E-state index contributed by atoms with van der Waals surface area (Å²) in [6.45, 7) is 2.36. The van der Waals surface area contributed by atoms with Gasteiger partial charge in [0.1, 0.15) is 11.5 Å². The molecule has 1 aliphatic rings. The molecule has 1 saturated heterocycles. The number of carbonyl (C=O) groups excluding carboxylic acids is 2. The zero-order chi connectivity index (χ0) is 19.4. The van der Waals surface area contributed by atoms with Gasteiger partial charge in [-0.25, -0.2) is 0 Å². The number of ether oxygens (including phenoxy) is 2. The number of hydrogen-bond donors (Lipinski definition) is 0. The highest BCUT2D eigenvalue weighted by Gasteiger charge is 2.24. The maximum absolute atomic E-state index is 12.7. The highest BCUT2D eigenvalue weighted by molar-refractivity contribution is 5.97. The van der Waals surface area contributed by atoms with Gasteiger partial charge in [-0.15, -0.1) is 0 Å². The van der Waals surface area contributed by atoms with Crippen LogP contribution in [0.3, 0.4) is 0 Å². The Morgan fingerprint density at radius 2 is 1.63 bits per heavy atom. The van der Waals surface area contributed by atoms with Crippen molar-refractivity contribution < 1.29 is 24.2 Å². The lowest BCUT2D eigenvalue weighted by atomic mass is 10.1. The van der Waals surface area contributed by atoms with Crippen LogP contribution in [0.15, 0.2) is 42.5 Å². The van der Waals surface area contributed by atoms with E-state index < -0.39 is 5.97 Å². The fourth-order valence-electron chi connectivity index (χ4n) is 3.16. The van der Waals surface area contributed by atoms with Crippen molar-refractivity contribution in [3.05, 3.63) is 53.6 Å². The quantitative estimate of drug-likeness (QED) is 0.783. The smallest absolute Gasteiger partial charge is 0.253 e. The molecule has 7 nitrogen and oxygen atoms in total. The van der Waals surface area contributed by atoms with Gasteiger partial charge >= 0.3 is 0 Å². The van der Waals surface area contributed by atoms with Crippen LogP contribution in [0.4, 0.5) is 5.69 Å². The van der Waals surface area contributed by atoms with E-state index in [-0.39, 0.29) is 11.5 Å². The molecule has 0 unspecified atom stereocenters. The standard InChI is InChI=1S/C20H22N2O5/c1-26-16-6-7-17(18(13-16)27-2)21-8-10-22(11-9-21)19(23)14-4-3-5-15(12-14)20(24)25/h3-7,12-13H,8-11H2,1-2H3,(H,24,25)/p-1. The molecular formula is C20H21N2O5-. The third kappa shape index (κ3) is 3.97. The Kier molecular flexibility index (Phi) is 5.49. The van der Waals surface area contributed by atoms with Crippen LogP contribution < -0.4 is 19.5 Å². The molecule has 0 aliphatic carbocycles. The predicted molar refractivity (Wildman–Crippen MR) is 98.4 cm³/mol. The van der Waals surface area contributed by atoms with Crippen molar-refractivity contribution in [3.63, 3.8) is 0 Å². The first kappa shape index (κ1) is 18.6. The molecule has 7 heteroatoms. The number of nitrogens with zero attached hydrogens (tertiary/aromatic N) is 2. The van der Waals surface area contributed by atoms with Crippen molar-refractivity contribution in [2.75, 3.05) is 45.3 Å². The number of benzene rings is 2. The minimum Gasteiger partial charge on any atom is -0.545 e. The fourth-order valence-corrected chi connectivity index (χ4v) is 3.16. The van der Waals surface area contributed by atoms with Gasteiger partial charge < -0.3 is 29.2 Å². The van der Waals surface area contributed by atoms with E-state index in [1.165, 1.54) is 12.1 Å². The molecule has 1 aliphatic heterocycles. The molecule has 1 heterocycles. The molecule has 0 aromatic heterocycles. The van der Waals surface area contributed by atoms with Gasteiger partial charge in [0.2, 0.25) is 0 Å². The van der Waals surface area contributed by atoms with Crippen molar-refractivity contribution in [2.24, 2.45) is 0 Å². The molecule has 3 rings (SSSR count). The molecule has 1 amide bonds. The number of anilines is 1. The van der Waals surface area contributed by atoms with Crippen molar-refractivity contribution in [2.45, 2.75) is 0 Å².